The SMILES string of the molecule is CCc1cccc(/C=C/C(=O)C(C)(CC2CCC2)C(=O)/C=C/c2cccc(OS(=O)(=O)CC)c2)c1. The van der Waals surface area contributed by atoms with Crippen LogP contribution in [0.2, 0.25) is 0 Å². The first-order valence-electron chi connectivity index (χ1n) is 12.2. The van der Waals surface area contributed by atoms with Gasteiger partial charge in [0.05, 0.1) is 11.2 Å². The largest absolute Gasteiger partial charge is 0.382 e. The predicted octanol–water partition coefficient (Wildman–Crippen LogP) is 6.04. The van der Waals surface area contributed by atoms with Crippen LogP contribution >= 0.6 is 0 Å². The number of hydrogen-bond donors (Lipinski definition) is 0. The number of allylic oxidation sites excluding steroid dienone is 2. The predicted molar refractivity (Wildman–Crippen MR) is 140 cm³/mol. The first-order chi connectivity index (χ1) is 16.6. The van der Waals surface area contributed by atoms with Crippen LogP contribution in [-0.4, -0.2) is 25.7 Å². The summed E-state index contributed by atoms with van der Waals surface area (Å²) in [7, 11) is -3.64. The molecule has 0 radical (unpaired) electrons. The van der Waals surface area contributed by atoms with Crippen LogP contribution in [0.4, 0.5) is 0 Å². The Hall–Kier alpha value is -2.99. The molecule has 2 aromatic carbocycles. The van der Waals surface area contributed by atoms with E-state index >= 15 is 0 Å². The van der Waals surface area contributed by atoms with Crippen LogP contribution in [0.5, 0.6) is 5.75 Å². The molecule has 5 nitrogen and oxygen atoms in total. The molecule has 0 saturated heterocycles. The zero-order valence-electron chi connectivity index (χ0n) is 20.7. The number of rotatable bonds is 12. The van der Waals surface area contributed by atoms with Gasteiger partial charge in [0.25, 0.3) is 0 Å². The monoisotopic (exact) mass is 494 g/mol. The molecular weight excluding hydrogens is 460 g/mol. The molecule has 2 aromatic rings. The summed E-state index contributed by atoms with van der Waals surface area (Å²) in [6, 6.07) is 14.5. The minimum Gasteiger partial charge on any atom is -0.382 e. The van der Waals surface area contributed by atoms with Crippen LogP contribution in [0, 0.1) is 11.3 Å². The van der Waals surface area contributed by atoms with Crippen LogP contribution in [0.25, 0.3) is 12.2 Å². The van der Waals surface area contributed by atoms with Gasteiger partial charge in [-0.1, -0.05) is 74.7 Å². The first kappa shape index (κ1) is 26.6. The van der Waals surface area contributed by atoms with Crippen molar-refractivity contribution in [1.29, 1.82) is 0 Å². The fraction of sp³-hybridized carbons (Fsp3) is 0.379. The summed E-state index contributed by atoms with van der Waals surface area (Å²) >= 11 is 0. The first-order valence-corrected chi connectivity index (χ1v) is 13.8. The second-order valence-corrected chi connectivity index (χ2v) is 11.2. The molecule has 0 aromatic heterocycles. The number of hydrogen-bond acceptors (Lipinski definition) is 5. The van der Waals surface area contributed by atoms with Gasteiger partial charge in [0.2, 0.25) is 0 Å². The molecule has 0 aliphatic heterocycles. The van der Waals surface area contributed by atoms with Gasteiger partial charge in [0, 0.05) is 0 Å². The normalized spacial score (nSPS) is 16.2. The average molecular weight is 495 g/mol. The van der Waals surface area contributed by atoms with Crippen molar-refractivity contribution >= 4 is 33.8 Å². The van der Waals surface area contributed by atoms with Crippen LogP contribution in [0.1, 0.15) is 63.1 Å². The topological polar surface area (TPSA) is 77.5 Å². The summed E-state index contributed by atoms with van der Waals surface area (Å²) < 4.78 is 28.6. The van der Waals surface area contributed by atoms with Gasteiger partial charge in [-0.05, 0) is 73.6 Å². The maximum atomic E-state index is 13.4. The van der Waals surface area contributed by atoms with Crippen LogP contribution in [0.3, 0.4) is 0 Å². The Morgan fingerprint density at radius 1 is 0.971 bits per heavy atom. The Kier molecular flexibility index (Phi) is 8.84. The van der Waals surface area contributed by atoms with Gasteiger partial charge in [-0.15, -0.1) is 0 Å². The zero-order valence-corrected chi connectivity index (χ0v) is 21.5. The molecule has 0 bridgehead atoms. The molecule has 1 aliphatic rings. The summed E-state index contributed by atoms with van der Waals surface area (Å²) in [5, 5.41) is 0. The Labute approximate surface area is 209 Å². The molecule has 186 valence electrons. The second-order valence-electron chi connectivity index (χ2n) is 9.33. The van der Waals surface area contributed by atoms with E-state index in [0.29, 0.717) is 17.9 Å². The maximum Gasteiger partial charge on any atom is 0.308 e. The highest BCUT2D eigenvalue weighted by molar-refractivity contribution is 7.87. The van der Waals surface area contributed by atoms with Crippen molar-refractivity contribution < 1.29 is 22.2 Å². The van der Waals surface area contributed by atoms with Crippen molar-refractivity contribution in [2.45, 2.75) is 52.9 Å². The Bertz CT molecular complexity index is 1220. The quantitative estimate of drug-likeness (QED) is 0.204. The Balaban J connectivity index is 1.80. The van der Waals surface area contributed by atoms with E-state index in [4.69, 9.17) is 4.18 Å². The molecule has 1 unspecified atom stereocenters. The maximum absolute atomic E-state index is 13.4. The van der Waals surface area contributed by atoms with Gasteiger partial charge >= 0.3 is 10.1 Å². The summed E-state index contributed by atoms with van der Waals surface area (Å²) in [6.07, 6.45) is 11.0. The van der Waals surface area contributed by atoms with E-state index < -0.39 is 15.5 Å². The van der Waals surface area contributed by atoms with E-state index in [2.05, 4.69) is 6.92 Å². The molecule has 0 amide bonds. The summed E-state index contributed by atoms with van der Waals surface area (Å²) in [4.78, 5) is 26.7. The summed E-state index contributed by atoms with van der Waals surface area (Å²) in [5.41, 5.74) is 1.59. The van der Waals surface area contributed by atoms with Gasteiger partial charge in [0.15, 0.2) is 11.6 Å². The number of ketones is 2. The van der Waals surface area contributed by atoms with Crippen molar-refractivity contribution in [3.8, 4) is 5.75 Å². The highest BCUT2D eigenvalue weighted by Gasteiger charge is 2.41. The fourth-order valence-electron chi connectivity index (χ4n) is 4.10. The van der Waals surface area contributed by atoms with Crippen molar-refractivity contribution in [1.82, 2.24) is 0 Å². The lowest BCUT2D eigenvalue weighted by atomic mass is 9.68. The number of carbonyl (C=O) groups is 2. The van der Waals surface area contributed by atoms with Crippen LogP contribution in [0.15, 0.2) is 60.7 Å². The molecule has 1 saturated carbocycles. The molecule has 3 rings (SSSR count). The Morgan fingerprint density at radius 3 is 2.11 bits per heavy atom. The lowest BCUT2D eigenvalue weighted by Gasteiger charge is -2.33. The molecular formula is C29H34O5S. The van der Waals surface area contributed by atoms with Crippen molar-refractivity contribution in [2.24, 2.45) is 11.3 Å². The molecule has 0 N–H and O–H groups in total. The molecule has 1 atom stereocenters. The third kappa shape index (κ3) is 7.25. The van der Waals surface area contributed by atoms with Gasteiger partial charge in [-0.2, -0.15) is 8.42 Å². The van der Waals surface area contributed by atoms with Crippen LogP contribution in [-0.2, 0) is 26.1 Å². The second kappa shape index (κ2) is 11.6. The number of carbonyl (C=O) groups excluding carboxylic acids is 2. The minimum atomic E-state index is -3.64. The molecule has 35 heavy (non-hydrogen) atoms. The van der Waals surface area contributed by atoms with E-state index in [1.807, 2.05) is 24.3 Å². The fourth-order valence-corrected chi connectivity index (χ4v) is 4.62. The number of aryl methyl sites for hydroxylation is 1. The average Bonchev–Trinajstić information content (AvgIpc) is 2.83. The van der Waals surface area contributed by atoms with Gasteiger partial charge in [-0.3, -0.25) is 9.59 Å². The minimum absolute atomic E-state index is 0.135. The van der Waals surface area contributed by atoms with Gasteiger partial charge in [-0.25, -0.2) is 0 Å². The van der Waals surface area contributed by atoms with Gasteiger partial charge in [0.1, 0.15) is 5.75 Å². The highest BCUT2D eigenvalue weighted by atomic mass is 32.2. The molecule has 0 heterocycles. The summed E-state index contributed by atoms with van der Waals surface area (Å²) in [5.74, 6) is -0.0364. The van der Waals surface area contributed by atoms with E-state index in [1.54, 1.807) is 43.3 Å². The van der Waals surface area contributed by atoms with Crippen molar-refractivity contribution in [2.75, 3.05) is 5.75 Å². The van der Waals surface area contributed by atoms with Gasteiger partial charge < -0.3 is 4.18 Å². The van der Waals surface area contributed by atoms with Crippen molar-refractivity contribution in [3.63, 3.8) is 0 Å². The zero-order chi connectivity index (χ0) is 25.5. The third-order valence-electron chi connectivity index (χ3n) is 6.66. The Morgan fingerprint density at radius 2 is 1.57 bits per heavy atom. The van der Waals surface area contributed by atoms with Crippen LogP contribution < -0.4 is 4.18 Å². The lowest BCUT2D eigenvalue weighted by Crippen LogP contribution is -2.37. The van der Waals surface area contributed by atoms with Crippen molar-refractivity contribution in [3.05, 3.63) is 77.4 Å². The van der Waals surface area contributed by atoms with E-state index in [9.17, 15) is 18.0 Å². The van der Waals surface area contributed by atoms with E-state index in [1.165, 1.54) is 24.6 Å². The standard InChI is InChI=1S/C29H34O5S/c1-4-22-9-6-10-23(19-22)15-17-27(30)29(3,21-25-12-7-13-25)28(31)18-16-24-11-8-14-26(20-24)34-35(32,33)5-2/h6,8-11,14-20,25H,4-5,7,12-13,21H2,1-3H3/b17-15+,18-16+. The van der Waals surface area contributed by atoms with E-state index in [0.717, 1.165) is 31.2 Å². The third-order valence-corrected chi connectivity index (χ3v) is 7.81. The molecule has 6 heteroatoms. The smallest absolute Gasteiger partial charge is 0.308 e. The molecule has 1 fully saturated rings. The number of benzene rings is 2. The molecule has 0 spiro atoms. The highest BCUT2D eigenvalue weighted by Crippen LogP contribution is 2.39. The van der Waals surface area contributed by atoms with E-state index in [-0.39, 0.29) is 23.1 Å². The lowest BCUT2D eigenvalue weighted by molar-refractivity contribution is -0.135. The molecule has 1 aliphatic carbocycles. The summed E-state index contributed by atoms with van der Waals surface area (Å²) in [6.45, 7) is 5.33.